The van der Waals surface area contributed by atoms with E-state index in [4.69, 9.17) is 5.73 Å². The molecule has 1 heterocycles. The van der Waals surface area contributed by atoms with Crippen LogP contribution in [0.2, 0.25) is 0 Å². The Morgan fingerprint density at radius 3 is 2.50 bits per heavy atom. The molecule has 3 nitrogen and oxygen atoms in total. The van der Waals surface area contributed by atoms with E-state index in [2.05, 4.69) is 30.7 Å². The summed E-state index contributed by atoms with van der Waals surface area (Å²) in [5.74, 6) is 0.698. The maximum absolute atomic E-state index is 6.00. The second kappa shape index (κ2) is 4.41. The van der Waals surface area contributed by atoms with Crippen molar-refractivity contribution in [3.8, 4) is 11.4 Å². The topological polar surface area (TPSA) is 51.8 Å². The Bertz CT molecular complexity index is 568. The summed E-state index contributed by atoms with van der Waals surface area (Å²) >= 11 is 0. The summed E-state index contributed by atoms with van der Waals surface area (Å²) in [6.45, 7) is 8.45. The lowest BCUT2D eigenvalue weighted by atomic mass is 9.92. The zero-order valence-corrected chi connectivity index (χ0v) is 11.4. The molecule has 0 spiro atoms. The fourth-order valence-corrected chi connectivity index (χ4v) is 1.77. The van der Waals surface area contributed by atoms with Crippen LogP contribution < -0.4 is 5.73 Å². The number of aryl methyl sites for hydroxylation is 1. The molecule has 0 atom stereocenters. The minimum atomic E-state index is 0.0102. The first-order valence-corrected chi connectivity index (χ1v) is 6.08. The van der Waals surface area contributed by atoms with Crippen LogP contribution >= 0.6 is 0 Å². The molecule has 0 aliphatic heterocycles. The van der Waals surface area contributed by atoms with Crippen LogP contribution in [0, 0.1) is 6.92 Å². The summed E-state index contributed by atoms with van der Waals surface area (Å²) in [6, 6.07) is 7.87. The molecule has 0 unspecified atom stereocenters. The molecule has 2 N–H and O–H groups in total. The van der Waals surface area contributed by atoms with Gasteiger partial charge in [0.05, 0.1) is 0 Å². The minimum absolute atomic E-state index is 0.0102. The van der Waals surface area contributed by atoms with Crippen LogP contribution in [0.4, 0.5) is 5.69 Å². The van der Waals surface area contributed by atoms with Gasteiger partial charge in [-0.1, -0.05) is 32.4 Å². The van der Waals surface area contributed by atoms with Gasteiger partial charge in [-0.25, -0.2) is 9.97 Å². The molecule has 0 radical (unpaired) electrons. The number of nitrogen functional groups attached to an aromatic ring is 1. The molecule has 94 valence electrons. The smallest absolute Gasteiger partial charge is 0.161 e. The van der Waals surface area contributed by atoms with E-state index in [-0.39, 0.29) is 5.41 Å². The van der Waals surface area contributed by atoms with Crippen LogP contribution in [-0.4, -0.2) is 9.97 Å². The third-order valence-electron chi connectivity index (χ3n) is 2.87. The molecule has 0 aliphatic rings. The van der Waals surface area contributed by atoms with E-state index in [9.17, 15) is 0 Å². The number of benzene rings is 1. The van der Waals surface area contributed by atoms with Gasteiger partial charge in [-0.15, -0.1) is 0 Å². The molecule has 0 saturated heterocycles. The van der Waals surface area contributed by atoms with Gasteiger partial charge in [0, 0.05) is 28.6 Å². The lowest BCUT2D eigenvalue weighted by Crippen LogP contribution is -2.14. The van der Waals surface area contributed by atoms with Crippen molar-refractivity contribution in [2.75, 3.05) is 5.73 Å². The van der Waals surface area contributed by atoms with Crippen molar-refractivity contribution in [1.29, 1.82) is 0 Å². The molecule has 0 bridgehead atoms. The van der Waals surface area contributed by atoms with Gasteiger partial charge in [-0.3, -0.25) is 0 Å². The largest absolute Gasteiger partial charge is 0.398 e. The van der Waals surface area contributed by atoms with Gasteiger partial charge in [0.15, 0.2) is 5.82 Å². The molecule has 3 heteroatoms. The van der Waals surface area contributed by atoms with Crippen molar-refractivity contribution in [1.82, 2.24) is 9.97 Å². The molecule has 0 fully saturated rings. The molecule has 18 heavy (non-hydrogen) atoms. The Morgan fingerprint density at radius 2 is 1.83 bits per heavy atom. The zero-order valence-electron chi connectivity index (χ0n) is 11.4. The highest BCUT2D eigenvalue weighted by molar-refractivity contribution is 5.72. The number of hydrogen-bond donors (Lipinski definition) is 1. The second-order valence-electron chi connectivity index (χ2n) is 5.61. The average Bonchev–Trinajstić information content (AvgIpc) is 2.31. The summed E-state index contributed by atoms with van der Waals surface area (Å²) in [6.07, 6.45) is 1.80. The van der Waals surface area contributed by atoms with E-state index >= 15 is 0 Å². The predicted molar refractivity (Wildman–Crippen MR) is 75.3 cm³/mol. The molecule has 0 aliphatic carbocycles. The molecule has 0 amide bonds. The third-order valence-corrected chi connectivity index (χ3v) is 2.87. The number of nitrogens with two attached hydrogens (primary N) is 1. The fourth-order valence-electron chi connectivity index (χ4n) is 1.77. The maximum atomic E-state index is 6.00. The lowest BCUT2D eigenvalue weighted by Gasteiger charge is -2.18. The van der Waals surface area contributed by atoms with E-state index in [1.54, 1.807) is 6.20 Å². The Morgan fingerprint density at radius 1 is 1.11 bits per heavy atom. The predicted octanol–water partition coefficient (Wildman–Crippen LogP) is 3.33. The van der Waals surface area contributed by atoms with E-state index in [1.165, 1.54) is 0 Å². The Balaban J connectivity index is 2.55. The number of rotatable bonds is 1. The molecule has 1 aromatic heterocycles. The van der Waals surface area contributed by atoms with Crippen molar-refractivity contribution in [3.63, 3.8) is 0 Å². The Labute approximate surface area is 108 Å². The van der Waals surface area contributed by atoms with Gasteiger partial charge in [0.25, 0.3) is 0 Å². The zero-order chi connectivity index (χ0) is 13.3. The first-order chi connectivity index (χ1) is 8.38. The van der Waals surface area contributed by atoms with Gasteiger partial charge in [-0.2, -0.15) is 0 Å². The van der Waals surface area contributed by atoms with Crippen molar-refractivity contribution >= 4 is 5.69 Å². The minimum Gasteiger partial charge on any atom is -0.398 e. The standard InChI is InChI=1S/C15H19N3/c1-10-5-6-12(16)11(9-10)14-17-8-7-13(18-14)15(2,3)4/h5-9H,16H2,1-4H3. The van der Waals surface area contributed by atoms with Gasteiger partial charge < -0.3 is 5.73 Å². The summed E-state index contributed by atoms with van der Waals surface area (Å²) in [5, 5.41) is 0. The molecule has 1 aromatic carbocycles. The number of anilines is 1. The van der Waals surface area contributed by atoms with Crippen LogP contribution in [0.25, 0.3) is 11.4 Å². The van der Waals surface area contributed by atoms with Crippen LogP contribution in [0.5, 0.6) is 0 Å². The number of hydrogen-bond acceptors (Lipinski definition) is 3. The van der Waals surface area contributed by atoms with E-state index in [0.717, 1.165) is 16.8 Å². The molecular formula is C15H19N3. The fraction of sp³-hybridized carbons (Fsp3) is 0.333. The van der Waals surface area contributed by atoms with Crippen LogP contribution in [-0.2, 0) is 5.41 Å². The summed E-state index contributed by atoms with van der Waals surface area (Å²) in [7, 11) is 0. The van der Waals surface area contributed by atoms with Gasteiger partial charge in [-0.05, 0) is 25.1 Å². The second-order valence-corrected chi connectivity index (χ2v) is 5.61. The van der Waals surface area contributed by atoms with Crippen LogP contribution in [0.1, 0.15) is 32.0 Å². The highest BCUT2D eigenvalue weighted by Gasteiger charge is 2.17. The number of nitrogens with zero attached hydrogens (tertiary/aromatic N) is 2. The van der Waals surface area contributed by atoms with Crippen molar-refractivity contribution in [3.05, 3.63) is 41.7 Å². The molecule has 0 saturated carbocycles. The average molecular weight is 241 g/mol. The maximum Gasteiger partial charge on any atom is 0.161 e. The monoisotopic (exact) mass is 241 g/mol. The lowest BCUT2D eigenvalue weighted by molar-refractivity contribution is 0.568. The quantitative estimate of drug-likeness (QED) is 0.779. The van der Waals surface area contributed by atoms with Crippen molar-refractivity contribution < 1.29 is 0 Å². The third kappa shape index (κ3) is 2.50. The van der Waals surface area contributed by atoms with Gasteiger partial charge in [0.1, 0.15) is 0 Å². The van der Waals surface area contributed by atoms with Crippen molar-refractivity contribution in [2.45, 2.75) is 33.1 Å². The summed E-state index contributed by atoms with van der Waals surface area (Å²) in [5.41, 5.74) is 9.81. The molecule has 2 aromatic rings. The number of aromatic nitrogens is 2. The summed E-state index contributed by atoms with van der Waals surface area (Å²) in [4.78, 5) is 8.96. The normalized spacial score (nSPS) is 11.6. The highest BCUT2D eigenvalue weighted by atomic mass is 14.9. The Kier molecular flexibility index (Phi) is 3.07. The Hall–Kier alpha value is -1.90. The van der Waals surface area contributed by atoms with Gasteiger partial charge in [0.2, 0.25) is 0 Å². The van der Waals surface area contributed by atoms with E-state index < -0.39 is 0 Å². The molecule has 2 rings (SSSR count). The highest BCUT2D eigenvalue weighted by Crippen LogP contribution is 2.26. The first kappa shape index (κ1) is 12.6. The van der Waals surface area contributed by atoms with Gasteiger partial charge >= 0.3 is 0 Å². The van der Waals surface area contributed by atoms with E-state index in [0.29, 0.717) is 11.5 Å². The van der Waals surface area contributed by atoms with Crippen molar-refractivity contribution in [2.24, 2.45) is 0 Å². The van der Waals surface area contributed by atoms with Crippen LogP contribution in [0.3, 0.4) is 0 Å². The SMILES string of the molecule is Cc1ccc(N)c(-c2nccc(C(C)(C)C)n2)c1. The van der Waals surface area contributed by atoms with Crippen LogP contribution in [0.15, 0.2) is 30.5 Å². The molecular weight excluding hydrogens is 222 g/mol. The first-order valence-electron chi connectivity index (χ1n) is 6.08. The summed E-state index contributed by atoms with van der Waals surface area (Å²) < 4.78 is 0. The van der Waals surface area contributed by atoms with E-state index in [1.807, 2.05) is 31.2 Å².